The van der Waals surface area contributed by atoms with Crippen LogP contribution in [0.5, 0.6) is 0 Å². The lowest BCUT2D eigenvalue weighted by atomic mass is 10.1. The van der Waals surface area contributed by atoms with Gasteiger partial charge in [-0.3, -0.25) is 4.90 Å². The van der Waals surface area contributed by atoms with Crippen molar-refractivity contribution in [1.82, 2.24) is 14.9 Å². The van der Waals surface area contributed by atoms with Crippen molar-refractivity contribution in [3.05, 3.63) is 41.7 Å². The SMILES string of the molecule is Nc1cc(N2CCN(Cc3ccc(F)cc3)[C@@H](CCO)C2)nc(N)n1. The Balaban J connectivity index is 1.72. The van der Waals surface area contributed by atoms with E-state index in [0.717, 1.165) is 18.7 Å². The lowest BCUT2D eigenvalue weighted by molar-refractivity contribution is 0.135. The molecule has 0 radical (unpaired) electrons. The highest BCUT2D eigenvalue weighted by atomic mass is 19.1. The maximum Gasteiger partial charge on any atom is 0.223 e. The van der Waals surface area contributed by atoms with E-state index in [9.17, 15) is 9.50 Å². The van der Waals surface area contributed by atoms with Crippen LogP contribution < -0.4 is 16.4 Å². The van der Waals surface area contributed by atoms with E-state index in [1.54, 1.807) is 18.2 Å². The van der Waals surface area contributed by atoms with Crippen LogP contribution in [0, 0.1) is 5.82 Å². The summed E-state index contributed by atoms with van der Waals surface area (Å²) in [4.78, 5) is 12.6. The number of nitrogens with zero attached hydrogens (tertiary/aromatic N) is 4. The number of benzene rings is 1. The summed E-state index contributed by atoms with van der Waals surface area (Å²) in [5.41, 5.74) is 12.5. The van der Waals surface area contributed by atoms with Crippen LogP contribution in [0.2, 0.25) is 0 Å². The van der Waals surface area contributed by atoms with Gasteiger partial charge in [-0.15, -0.1) is 0 Å². The van der Waals surface area contributed by atoms with Crippen molar-refractivity contribution in [2.45, 2.75) is 19.0 Å². The lowest BCUT2D eigenvalue weighted by Crippen LogP contribution is -2.53. The van der Waals surface area contributed by atoms with Crippen LogP contribution in [0.4, 0.5) is 22.0 Å². The van der Waals surface area contributed by atoms with Crippen LogP contribution in [0.25, 0.3) is 0 Å². The van der Waals surface area contributed by atoms with Crippen molar-refractivity contribution in [3.8, 4) is 0 Å². The highest BCUT2D eigenvalue weighted by Crippen LogP contribution is 2.22. The Labute approximate surface area is 146 Å². The van der Waals surface area contributed by atoms with Crippen LogP contribution >= 0.6 is 0 Å². The van der Waals surface area contributed by atoms with Crippen molar-refractivity contribution in [2.24, 2.45) is 0 Å². The first kappa shape index (κ1) is 17.4. The van der Waals surface area contributed by atoms with Gasteiger partial charge in [-0.25, -0.2) is 4.39 Å². The van der Waals surface area contributed by atoms with Crippen LogP contribution in [-0.2, 0) is 6.54 Å². The van der Waals surface area contributed by atoms with Crippen LogP contribution in [0.15, 0.2) is 30.3 Å². The van der Waals surface area contributed by atoms with E-state index in [0.29, 0.717) is 31.1 Å². The first-order chi connectivity index (χ1) is 12.0. The van der Waals surface area contributed by atoms with Gasteiger partial charge in [0.15, 0.2) is 0 Å². The van der Waals surface area contributed by atoms with Gasteiger partial charge in [0.05, 0.1) is 0 Å². The monoisotopic (exact) mass is 346 g/mol. The second-order valence-corrected chi connectivity index (χ2v) is 6.22. The number of aliphatic hydroxyl groups excluding tert-OH is 1. The van der Waals surface area contributed by atoms with Crippen LogP contribution in [-0.4, -0.2) is 52.3 Å². The molecule has 1 aliphatic heterocycles. The molecule has 25 heavy (non-hydrogen) atoms. The quantitative estimate of drug-likeness (QED) is 0.737. The molecule has 5 N–H and O–H groups in total. The normalized spacial score (nSPS) is 18.5. The highest BCUT2D eigenvalue weighted by Gasteiger charge is 2.27. The molecule has 2 aromatic rings. The van der Waals surface area contributed by atoms with Gasteiger partial charge in [0, 0.05) is 44.9 Å². The number of aliphatic hydroxyl groups is 1. The first-order valence-corrected chi connectivity index (χ1v) is 8.29. The summed E-state index contributed by atoms with van der Waals surface area (Å²) in [7, 11) is 0. The zero-order valence-corrected chi connectivity index (χ0v) is 14.0. The number of nitrogen functional groups attached to an aromatic ring is 2. The van der Waals surface area contributed by atoms with Gasteiger partial charge in [-0.05, 0) is 24.1 Å². The maximum atomic E-state index is 13.1. The first-order valence-electron chi connectivity index (χ1n) is 8.29. The van der Waals surface area contributed by atoms with Crippen molar-refractivity contribution in [2.75, 3.05) is 42.6 Å². The fourth-order valence-corrected chi connectivity index (χ4v) is 3.19. The summed E-state index contributed by atoms with van der Waals surface area (Å²) in [5, 5.41) is 9.42. The van der Waals surface area contributed by atoms with E-state index < -0.39 is 0 Å². The van der Waals surface area contributed by atoms with Crippen molar-refractivity contribution in [1.29, 1.82) is 0 Å². The van der Waals surface area contributed by atoms with E-state index in [-0.39, 0.29) is 24.4 Å². The van der Waals surface area contributed by atoms with E-state index in [1.807, 2.05) is 0 Å². The molecule has 3 rings (SSSR count). The minimum Gasteiger partial charge on any atom is -0.396 e. The molecule has 1 aromatic heterocycles. The topological polar surface area (TPSA) is 105 Å². The fraction of sp³-hybridized carbons (Fsp3) is 0.412. The second-order valence-electron chi connectivity index (χ2n) is 6.22. The third-order valence-electron chi connectivity index (χ3n) is 4.44. The molecule has 1 atom stereocenters. The molecule has 0 spiro atoms. The third kappa shape index (κ3) is 4.34. The van der Waals surface area contributed by atoms with E-state index >= 15 is 0 Å². The van der Waals surface area contributed by atoms with E-state index in [2.05, 4.69) is 19.8 Å². The molecule has 134 valence electrons. The van der Waals surface area contributed by atoms with E-state index in [4.69, 9.17) is 11.5 Å². The summed E-state index contributed by atoms with van der Waals surface area (Å²) >= 11 is 0. The Bertz CT molecular complexity index is 691. The summed E-state index contributed by atoms with van der Waals surface area (Å²) in [6.07, 6.45) is 0.647. The summed E-state index contributed by atoms with van der Waals surface area (Å²) in [5.74, 6) is 0.964. The molecule has 1 aliphatic rings. The molecule has 7 nitrogen and oxygen atoms in total. The Hall–Kier alpha value is -2.45. The van der Waals surface area contributed by atoms with Gasteiger partial charge in [-0.2, -0.15) is 9.97 Å². The van der Waals surface area contributed by atoms with Gasteiger partial charge in [0.1, 0.15) is 17.5 Å². The summed E-state index contributed by atoms with van der Waals surface area (Å²) < 4.78 is 13.1. The summed E-state index contributed by atoms with van der Waals surface area (Å²) in [6.45, 7) is 3.09. The van der Waals surface area contributed by atoms with Gasteiger partial charge in [0.25, 0.3) is 0 Å². The predicted molar refractivity (Wildman–Crippen MR) is 95.4 cm³/mol. The molecular formula is C17H23FN6O. The fourth-order valence-electron chi connectivity index (χ4n) is 3.19. The molecule has 8 heteroatoms. The maximum absolute atomic E-state index is 13.1. The standard InChI is InChI=1S/C17H23FN6O/c18-13-3-1-12(2-4-13)10-23-6-7-24(11-14(23)5-8-25)16-9-15(19)21-17(20)22-16/h1-4,9,14,25H,5-8,10-11H2,(H4,19,20,21,22)/t14-/m0/s1. The van der Waals surface area contributed by atoms with Gasteiger partial charge in [-0.1, -0.05) is 12.1 Å². The predicted octanol–water partition coefficient (Wildman–Crippen LogP) is 0.853. The van der Waals surface area contributed by atoms with Crippen LogP contribution in [0.3, 0.4) is 0 Å². The molecular weight excluding hydrogens is 323 g/mol. The molecule has 0 amide bonds. The molecule has 1 aromatic carbocycles. The summed E-state index contributed by atoms with van der Waals surface area (Å²) in [6, 6.07) is 8.40. The van der Waals surface area contributed by atoms with Gasteiger partial charge >= 0.3 is 0 Å². The van der Waals surface area contributed by atoms with Crippen molar-refractivity contribution >= 4 is 17.6 Å². The average molecular weight is 346 g/mol. The molecule has 0 unspecified atom stereocenters. The smallest absolute Gasteiger partial charge is 0.223 e. The molecule has 0 aliphatic carbocycles. The lowest BCUT2D eigenvalue weighted by Gasteiger charge is -2.42. The number of anilines is 3. The zero-order chi connectivity index (χ0) is 17.8. The van der Waals surface area contributed by atoms with Crippen LogP contribution in [0.1, 0.15) is 12.0 Å². The zero-order valence-electron chi connectivity index (χ0n) is 14.0. The van der Waals surface area contributed by atoms with E-state index in [1.165, 1.54) is 12.1 Å². The Morgan fingerprint density at radius 1 is 1.16 bits per heavy atom. The number of piperazine rings is 1. The van der Waals surface area contributed by atoms with Crippen molar-refractivity contribution < 1.29 is 9.50 Å². The second kappa shape index (κ2) is 7.62. The third-order valence-corrected chi connectivity index (χ3v) is 4.44. The molecule has 1 saturated heterocycles. The number of nitrogens with two attached hydrogens (primary N) is 2. The Kier molecular flexibility index (Phi) is 5.30. The molecule has 2 heterocycles. The van der Waals surface area contributed by atoms with Crippen molar-refractivity contribution in [3.63, 3.8) is 0 Å². The Morgan fingerprint density at radius 2 is 1.92 bits per heavy atom. The number of aromatic nitrogens is 2. The minimum absolute atomic E-state index is 0.104. The minimum atomic E-state index is -0.237. The molecule has 1 fully saturated rings. The van der Waals surface area contributed by atoms with Gasteiger partial charge < -0.3 is 21.5 Å². The molecule has 0 saturated carbocycles. The average Bonchev–Trinajstić information content (AvgIpc) is 2.58. The number of rotatable bonds is 5. The number of halogens is 1. The largest absolute Gasteiger partial charge is 0.396 e. The molecule has 0 bridgehead atoms. The highest BCUT2D eigenvalue weighted by molar-refractivity contribution is 5.50. The Morgan fingerprint density at radius 3 is 2.60 bits per heavy atom. The number of hydrogen-bond acceptors (Lipinski definition) is 7. The van der Waals surface area contributed by atoms with Gasteiger partial charge in [0.2, 0.25) is 5.95 Å². The number of hydrogen-bond donors (Lipinski definition) is 3.